The number of sulfone groups is 1. The molecule has 0 unspecified atom stereocenters. The van der Waals surface area contributed by atoms with E-state index < -0.39 is 19.9 Å². The molecule has 0 aliphatic carbocycles. The lowest BCUT2D eigenvalue weighted by Gasteiger charge is -2.19. The van der Waals surface area contributed by atoms with Gasteiger partial charge in [-0.05, 0) is 67.1 Å². The molecule has 0 bridgehead atoms. The van der Waals surface area contributed by atoms with Crippen molar-refractivity contribution in [2.75, 3.05) is 26.5 Å². The largest absolute Gasteiger partial charge is 0.496 e. The molecular formula is C24H32N2O6S2. The zero-order valence-corrected chi connectivity index (χ0v) is 21.4. The van der Waals surface area contributed by atoms with Gasteiger partial charge < -0.3 is 10.1 Å². The number of carbonyl (C=O) groups excluding carboxylic acids is 1. The van der Waals surface area contributed by atoms with Gasteiger partial charge in [0.25, 0.3) is 0 Å². The van der Waals surface area contributed by atoms with Gasteiger partial charge in [-0.2, -0.15) is 4.31 Å². The number of aryl methyl sites for hydroxylation is 1. The van der Waals surface area contributed by atoms with Crippen molar-refractivity contribution in [3.8, 4) is 5.75 Å². The van der Waals surface area contributed by atoms with Gasteiger partial charge >= 0.3 is 0 Å². The number of carbonyl (C=O) groups is 1. The number of methoxy groups -OCH3 is 1. The van der Waals surface area contributed by atoms with Crippen LogP contribution in [0.3, 0.4) is 0 Å². The predicted octanol–water partition coefficient (Wildman–Crippen LogP) is 3.08. The van der Waals surface area contributed by atoms with E-state index in [0.717, 1.165) is 24.7 Å². The van der Waals surface area contributed by atoms with Gasteiger partial charge in [-0.15, -0.1) is 0 Å². The summed E-state index contributed by atoms with van der Waals surface area (Å²) in [5.74, 6) is 0.352. The number of sulfonamides is 1. The van der Waals surface area contributed by atoms with Crippen molar-refractivity contribution in [1.29, 1.82) is 0 Å². The molecule has 1 aliphatic heterocycles. The molecule has 0 saturated carbocycles. The molecule has 0 radical (unpaired) electrons. The first-order valence-electron chi connectivity index (χ1n) is 11.3. The maximum absolute atomic E-state index is 12.9. The van der Waals surface area contributed by atoms with Gasteiger partial charge in [0.05, 0.1) is 22.9 Å². The van der Waals surface area contributed by atoms with Crippen molar-refractivity contribution in [1.82, 2.24) is 9.62 Å². The monoisotopic (exact) mass is 508 g/mol. The quantitative estimate of drug-likeness (QED) is 0.528. The number of hydrogen-bond donors (Lipinski definition) is 1. The normalized spacial score (nSPS) is 15.7. The first kappa shape index (κ1) is 26.2. The highest BCUT2D eigenvalue weighted by Crippen LogP contribution is 2.27. The third kappa shape index (κ3) is 6.17. The highest BCUT2D eigenvalue weighted by Gasteiger charge is 2.28. The average Bonchev–Trinajstić information content (AvgIpc) is 3.36. The number of amides is 1. The molecule has 10 heteroatoms. The van der Waals surface area contributed by atoms with Gasteiger partial charge in [-0.3, -0.25) is 4.79 Å². The van der Waals surface area contributed by atoms with Gasteiger partial charge in [0, 0.05) is 25.8 Å². The number of nitrogens with one attached hydrogen (secondary N) is 1. The SMILES string of the molecule is CC[C@H](NC(=O)CCc1cc(S(=O)(=O)N2CCCC2)ccc1OC)c1ccc(S(C)(=O)=O)cc1. The molecule has 1 saturated heterocycles. The van der Waals surface area contributed by atoms with E-state index in [1.807, 2.05) is 6.92 Å². The van der Waals surface area contributed by atoms with Crippen LogP contribution in [0.5, 0.6) is 5.75 Å². The summed E-state index contributed by atoms with van der Waals surface area (Å²) in [4.78, 5) is 13.1. The highest BCUT2D eigenvalue weighted by molar-refractivity contribution is 7.90. The van der Waals surface area contributed by atoms with E-state index in [2.05, 4.69) is 5.32 Å². The van der Waals surface area contributed by atoms with Crippen LogP contribution in [0.15, 0.2) is 52.3 Å². The van der Waals surface area contributed by atoms with Gasteiger partial charge in [0.1, 0.15) is 5.75 Å². The maximum Gasteiger partial charge on any atom is 0.243 e. The molecule has 34 heavy (non-hydrogen) atoms. The van der Waals surface area contributed by atoms with Crippen LogP contribution in [-0.2, 0) is 31.1 Å². The Bertz CT molecular complexity index is 1220. The molecule has 2 aromatic rings. The zero-order chi connectivity index (χ0) is 24.9. The van der Waals surface area contributed by atoms with E-state index in [1.165, 1.54) is 23.5 Å². The van der Waals surface area contributed by atoms with Crippen LogP contribution < -0.4 is 10.1 Å². The second-order valence-corrected chi connectivity index (χ2v) is 12.4. The first-order chi connectivity index (χ1) is 16.1. The fourth-order valence-corrected chi connectivity index (χ4v) is 6.27. The Kier molecular flexibility index (Phi) is 8.38. The summed E-state index contributed by atoms with van der Waals surface area (Å²) in [7, 11) is -5.33. The number of benzene rings is 2. The van der Waals surface area contributed by atoms with Gasteiger partial charge in [0.2, 0.25) is 15.9 Å². The Balaban J connectivity index is 1.69. The Morgan fingerprint density at radius 3 is 2.21 bits per heavy atom. The molecule has 1 aliphatic rings. The van der Waals surface area contributed by atoms with Crippen molar-refractivity contribution in [2.45, 2.75) is 54.9 Å². The van der Waals surface area contributed by atoms with E-state index in [9.17, 15) is 21.6 Å². The fourth-order valence-electron chi connectivity index (χ4n) is 4.07. The number of nitrogens with zero attached hydrogens (tertiary/aromatic N) is 1. The Labute approximate surface area is 202 Å². The zero-order valence-electron chi connectivity index (χ0n) is 19.8. The topological polar surface area (TPSA) is 110 Å². The average molecular weight is 509 g/mol. The van der Waals surface area contributed by atoms with Crippen molar-refractivity contribution < 1.29 is 26.4 Å². The van der Waals surface area contributed by atoms with Gasteiger partial charge in [0.15, 0.2) is 9.84 Å². The standard InChI is InChI=1S/C24H32N2O6S2/c1-4-22(18-7-10-20(11-8-18)33(3,28)29)25-24(27)14-9-19-17-21(12-13-23(19)32-2)34(30,31)26-15-5-6-16-26/h7-8,10-13,17,22H,4-6,9,14-16H2,1-3H3,(H,25,27)/t22-/m0/s1. The summed E-state index contributed by atoms with van der Waals surface area (Å²) in [6, 6.07) is 11.0. The minimum absolute atomic E-state index is 0.154. The van der Waals surface area contributed by atoms with Crippen molar-refractivity contribution >= 4 is 25.8 Å². The smallest absolute Gasteiger partial charge is 0.243 e. The van der Waals surface area contributed by atoms with Crippen LogP contribution in [0.25, 0.3) is 0 Å². The van der Waals surface area contributed by atoms with Crippen LogP contribution in [0.4, 0.5) is 0 Å². The molecule has 1 atom stereocenters. The molecule has 0 spiro atoms. The number of rotatable bonds is 10. The molecule has 0 aromatic heterocycles. The Hall–Kier alpha value is -2.43. The maximum atomic E-state index is 12.9. The summed E-state index contributed by atoms with van der Waals surface area (Å²) < 4.78 is 56.1. The van der Waals surface area contributed by atoms with Crippen LogP contribution in [0.2, 0.25) is 0 Å². The minimum atomic E-state index is -3.56. The van der Waals surface area contributed by atoms with Crippen LogP contribution in [-0.4, -0.2) is 53.5 Å². The van der Waals surface area contributed by atoms with Crippen LogP contribution >= 0.6 is 0 Å². The highest BCUT2D eigenvalue weighted by atomic mass is 32.2. The lowest BCUT2D eigenvalue weighted by atomic mass is 10.0. The lowest BCUT2D eigenvalue weighted by Crippen LogP contribution is -2.28. The summed E-state index contributed by atoms with van der Waals surface area (Å²) in [6.07, 6.45) is 3.98. The van der Waals surface area contributed by atoms with E-state index in [1.54, 1.807) is 30.3 Å². The van der Waals surface area contributed by atoms with E-state index in [4.69, 9.17) is 4.74 Å². The van der Waals surface area contributed by atoms with Crippen LogP contribution in [0.1, 0.15) is 49.8 Å². The third-order valence-electron chi connectivity index (χ3n) is 6.03. The van der Waals surface area contributed by atoms with E-state index in [-0.39, 0.29) is 28.2 Å². The summed E-state index contributed by atoms with van der Waals surface area (Å²) in [5.41, 5.74) is 1.48. The molecule has 8 nitrogen and oxygen atoms in total. The molecule has 1 heterocycles. The minimum Gasteiger partial charge on any atom is -0.496 e. The molecule has 2 aromatic carbocycles. The van der Waals surface area contributed by atoms with Crippen molar-refractivity contribution in [3.05, 3.63) is 53.6 Å². The summed E-state index contributed by atoms with van der Waals surface area (Å²) in [6.45, 7) is 2.98. The summed E-state index contributed by atoms with van der Waals surface area (Å²) in [5, 5.41) is 2.98. The Morgan fingerprint density at radius 1 is 1.03 bits per heavy atom. The third-order valence-corrected chi connectivity index (χ3v) is 9.05. The van der Waals surface area contributed by atoms with E-state index >= 15 is 0 Å². The molecule has 186 valence electrons. The van der Waals surface area contributed by atoms with Crippen molar-refractivity contribution in [3.63, 3.8) is 0 Å². The van der Waals surface area contributed by atoms with Gasteiger partial charge in [-0.25, -0.2) is 16.8 Å². The summed E-state index contributed by atoms with van der Waals surface area (Å²) >= 11 is 0. The second-order valence-electron chi connectivity index (χ2n) is 8.45. The Morgan fingerprint density at radius 2 is 1.65 bits per heavy atom. The number of hydrogen-bond acceptors (Lipinski definition) is 6. The molecular weight excluding hydrogens is 476 g/mol. The molecule has 1 fully saturated rings. The predicted molar refractivity (Wildman–Crippen MR) is 130 cm³/mol. The van der Waals surface area contributed by atoms with Crippen molar-refractivity contribution in [2.24, 2.45) is 0 Å². The van der Waals surface area contributed by atoms with E-state index in [0.29, 0.717) is 37.2 Å². The first-order valence-corrected chi connectivity index (χ1v) is 14.7. The number of ether oxygens (including phenoxy) is 1. The second kappa shape index (κ2) is 10.9. The lowest BCUT2D eigenvalue weighted by molar-refractivity contribution is -0.121. The molecule has 1 N–H and O–H groups in total. The van der Waals surface area contributed by atoms with Crippen LogP contribution in [0, 0.1) is 0 Å². The van der Waals surface area contributed by atoms with Gasteiger partial charge in [-0.1, -0.05) is 19.1 Å². The fraction of sp³-hybridized carbons (Fsp3) is 0.458. The molecule has 3 rings (SSSR count). The molecule has 1 amide bonds.